The lowest BCUT2D eigenvalue weighted by Crippen LogP contribution is -1.73. The molecule has 0 spiro atoms. The second-order valence-electron chi connectivity index (χ2n) is 2.50. The maximum atomic E-state index is 9.44. The lowest BCUT2D eigenvalue weighted by molar-refractivity contribution is 0.477. The van der Waals surface area contributed by atoms with Crippen LogP contribution in [0.4, 0.5) is 0 Å². The summed E-state index contributed by atoms with van der Waals surface area (Å²) in [5, 5.41) is 15.9. The molecule has 0 aliphatic heterocycles. The summed E-state index contributed by atoms with van der Waals surface area (Å²) >= 11 is 0. The van der Waals surface area contributed by atoms with Gasteiger partial charge in [0.2, 0.25) is 0 Å². The van der Waals surface area contributed by atoms with Gasteiger partial charge in [0.1, 0.15) is 5.75 Å². The number of aromatic hydroxyl groups is 1. The number of para-hydroxylation sites is 1. The molecule has 3 nitrogen and oxygen atoms in total. The predicted molar refractivity (Wildman–Crippen MR) is 45.7 cm³/mol. The zero-order valence-electron chi connectivity index (χ0n) is 6.36. The Kier molecular flexibility index (Phi) is 1.55. The van der Waals surface area contributed by atoms with Gasteiger partial charge in [0, 0.05) is 17.3 Å². The minimum atomic E-state index is 0.277. The van der Waals surface area contributed by atoms with E-state index in [9.17, 15) is 5.11 Å². The molecule has 0 radical (unpaired) electrons. The van der Waals surface area contributed by atoms with Gasteiger partial charge in [-0.3, -0.25) is 5.10 Å². The van der Waals surface area contributed by atoms with E-state index in [0.717, 1.165) is 11.1 Å². The minimum absolute atomic E-state index is 0.277. The molecule has 2 rings (SSSR count). The lowest BCUT2D eigenvalue weighted by Gasteiger charge is -1.98. The van der Waals surface area contributed by atoms with E-state index >= 15 is 0 Å². The van der Waals surface area contributed by atoms with E-state index in [-0.39, 0.29) is 5.75 Å². The van der Waals surface area contributed by atoms with Crippen molar-refractivity contribution in [3.63, 3.8) is 0 Å². The van der Waals surface area contributed by atoms with Crippen LogP contribution in [0.1, 0.15) is 0 Å². The van der Waals surface area contributed by atoms with Crippen molar-refractivity contribution in [2.45, 2.75) is 0 Å². The van der Waals surface area contributed by atoms with Crippen molar-refractivity contribution in [2.24, 2.45) is 0 Å². The van der Waals surface area contributed by atoms with Gasteiger partial charge in [-0.15, -0.1) is 0 Å². The van der Waals surface area contributed by atoms with Crippen LogP contribution >= 0.6 is 0 Å². The summed E-state index contributed by atoms with van der Waals surface area (Å²) in [5.41, 5.74) is 1.69. The fraction of sp³-hybridized carbons (Fsp3) is 0. The first kappa shape index (κ1) is 6.91. The number of H-pyrrole nitrogens is 1. The first-order valence-corrected chi connectivity index (χ1v) is 3.65. The zero-order chi connectivity index (χ0) is 8.39. The normalized spacial score (nSPS) is 10.0. The van der Waals surface area contributed by atoms with Crippen molar-refractivity contribution >= 4 is 0 Å². The summed E-state index contributed by atoms with van der Waals surface area (Å²) in [7, 11) is 0. The largest absolute Gasteiger partial charge is 0.507 e. The van der Waals surface area contributed by atoms with Gasteiger partial charge in [-0.1, -0.05) is 18.2 Å². The second-order valence-corrected chi connectivity index (χ2v) is 2.50. The minimum Gasteiger partial charge on any atom is -0.507 e. The first-order chi connectivity index (χ1) is 5.88. The first-order valence-electron chi connectivity index (χ1n) is 3.65. The molecule has 3 heteroatoms. The van der Waals surface area contributed by atoms with Gasteiger partial charge >= 0.3 is 0 Å². The molecule has 0 fully saturated rings. The fourth-order valence-corrected chi connectivity index (χ4v) is 1.12. The quantitative estimate of drug-likeness (QED) is 0.668. The summed E-state index contributed by atoms with van der Waals surface area (Å²) < 4.78 is 0. The number of aromatic amines is 1. The molecule has 0 bridgehead atoms. The van der Waals surface area contributed by atoms with Crippen LogP contribution < -0.4 is 0 Å². The average Bonchev–Trinajstić information content (AvgIpc) is 2.57. The molecule has 0 aliphatic carbocycles. The third-order valence-corrected chi connectivity index (χ3v) is 1.71. The fourth-order valence-electron chi connectivity index (χ4n) is 1.12. The Morgan fingerprint density at radius 3 is 2.75 bits per heavy atom. The van der Waals surface area contributed by atoms with Crippen LogP contribution in [-0.2, 0) is 0 Å². The Morgan fingerprint density at radius 1 is 1.25 bits per heavy atom. The topological polar surface area (TPSA) is 48.9 Å². The molecule has 60 valence electrons. The number of hydrogen-bond donors (Lipinski definition) is 2. The number of phenols is 1. The van der Waals surface area contributed by atoms with E-state index in [1.165, 1.54) is 0 Å². The highest BCUT2D eigenvalue weighted by molar-refractivity contribution is 5.68. The van der Waals surface area contributed by atoms with E-state index in [4.69, 9.17) is 0 Å². The van der Waals surface area contributed by atoms with E-state index in [1.54, 1.807) is 24.5 Å². The molecule has 0 saturated carbocycles. The highest BCUT2D eigenvalue weighted by Crippen LogP contribution is 2.26. The number of nitrogens with one attached hydrogen (secondary N) is 1. The van der Waals surface area contributed by atoms with Crippen molar-refractivity contribution in [2.75, 3.05) is 0 Å². The maximum Gasteiger partial charge on any atom is 0.123 e. The molecule has 0 atom stereocenters. The van der Waals surface area contributed by atoms with Gasteiger partial charge in [-0.2, -0.15) is 5.10 Å². The van der Waals surface area contributed by atoms with E-state index in [2.05, 4.69) is 10.2 Å². The maximum absolute atomic E-state index is 9.44. The van der Waals surface area contributed by atoms with Crippen molar-refractivity contribution < 1.29 is 5.11 Å². The monoisotopic (exact) mass is 160 g/mol. The predicted octanol–water partition coefficient (Wildman–Crippen LogP) is 1.78. The Labute approximate surface area is 69.7 Å². The third kappa shape index (κ3) is 1.05. The second kappa shape index (κ2) is 2.70. The standard InChI is InChI=1S/C9H8N2O/c12-9-4-2-1-3-8(9)7-5-10-11-6-7/h1-6,12H,(H,10,11). The molecule has 0 amide bonds. The van der Waals surface area contributed by atoms with Gasteiger partial charge in [0.15, 0.2) is 0 Å². The van der Waals surface area contributed by atoms with Crippen molar-refractivity contribution in [3.05, 3.63) is 36.7 Å². The molecule has 0 aliphatic rings. The van der Waals surface area contributed by atoms with Crippen molar-refractivity contribution in [3.8, 4) is 16.9 Å². The molecule has 1 aromatic carbocycles. The Hall–Kier alpha value is -1.77. The number of benzene rings is 1. The molecule has 1 heterocycles. The Morgan fingerprint density at radius 2 is 2.08 bits per heavy atom. The van der Waals surface area contributed by atoms with Gasteiger partial charge in [-0.05, 0) is 6.07 Å². The third-order valence-electron chi connectivity index (χ3n) is 1.71. The van der Waals surface area contributed by atoms with Crippen molar-refractivity contribution in [1.82, 2.24) is 10.2 Å². The molecule has 0 saturated heterocycles. The van der Waals surface area contributed by atoms with Crippen LogP contribution in [-0.4, -0.2) is 15.3 Å². The van der Waals surface area contributed by atoms with Crippen LogP contribution in [0.2, 0.25) is 0 Å². The summed E-state index contributed by atoms with van der Waals surface area (Å²) in [5.74, 6) is 0.277. The van der Waals surface area contributed by atoms with Gasteiger partial charge in [-0.25, -0.2) is 0 Å². The number of rotatable bonds is 1. The molecule has 2 N–H and O–H groups in total. The van der Waals surface area contributed by atoms with Gasteiger partial charge in [0.05, 0.1) is 6.20 Å². The Balaban J connectivity index is 2.55. The van der Waals surface area contributed by atoms with Crippen LogP contribution in [0.5, 0.6) is 5.75 Å². The number of nitrogens with zero attached hydrogens (tertiary/aromatic N) is 1. The van der Waals surface area contributed by atoms with Crippen LogP contribution in [0.25, 0.3) is 11.1 Å². The highest BCUT2D eigenvalue weighted by atomic mass is 16.3. The lowest BCUT2D eigenvalue weighted by atomic mass is 10.1. The van der Waals surface area contributed by atoms with E-state index in [0.29, 0.717) is 0 Å². The Bertz CT molecular complexity index is 368. The van der Waals surface area contributed by atoms with Crippen LogP contribution in [0.15, 0.2) is 36.7 Å². The molecule has 1 aromatic heterocycles. The summed E-state index contributed by atoms with van der Waals surface area (Å²) in [6.07, 6.45) is 3.42. The molecule has 0 unspecified atom stereocenters. The average molecular weight is 160 g/mol. The zero-order valence-corrected chi connectivity index (χ0v) is 6.36. The van der Waals surface area contributed by atoms with Crippen LogP contribution in [0.3, 0.4) is 0 Å². The van der Waals surface area contributed by atoms with Gasteiger partial charge in [0.25, 0.3) is 0 Å². The molecule has 2 aromatic rings. The van der Waals surface area contributed by atoms with Crippen molar-refractivity contribution in [1.29, 1.82) is 0 Å². The summed E-state index contributed by atoms with van der Waals surface area (Å²) in [6.45, 7) is 0. The molecular formula is C9H8N2O. The number of aromatic nitrogens is 2. The SMILES string of the molecule is Oc1ccccc1-c1cn[nH]c1. The molecular weight excluding hydrogens is 152 g/mol. The van der Waals surface area contributed by atoms with Gasteiger partial charge < -0.3 is 5.11 Å². The summed E-state index contributed by atoms with van der Waals surface area (Å²) in [4.78, 5) is 0. The number of phenolic OH excluding ortho intramolecular Hbond substituents is 1. The summed E-state index contributed by atoms with van der Waals surface area (Å²) in [6, 6.07) is 7.17. The smallest absolute Gasteiger partial charge is 0.123 e. The highest BCUT2D eigenvalue weighted by Gasteiger charge is 2.02. The van der Waals surface area contributed by atoms with Crippen LogP contribution in [0, 0.1) is 0 Å². The molecule has 12 heavy (non-hydrogen) atoms. The van der Waals surface area contributed by atoms with E-state index in [1.807, 2.05) is 12.1 Å². The van der Waals surface area contributed by atoms with E-state index < -0.39 is 0 Å². The number of hydrogen-bond acceptors (Lipinski definition) is 2.